The predicted octanol–water partition coefficient (Wildman–Crippen LogP) is 4.79. The van der Waals surface area contributed by atoms with Crippen LogP contribution in [-0.4, -0.2) is 11.5 Å². The van der Waals surface area contributed by atoms with Gasteiger partial charge in [0.1, 0.15) is 12.8 Å². The third-order valence-electron chi connectivity index (χ3n) is 4.80. The number of aromatic nitrogens is 1. The summed E-state index contributed by atoms with van der Waals surface area (Å²) in [6.07, 6.45) is 0. The molecular formula is C22H19N2O3+. The molecule has 4 rings (SSSR count). The normalized spacial score (nSPS) is 11.0. The monoisotopic (exact) mass is 359 g/mol. The molecule has 1 heterocycles. The van der Waals surface area contributed by atoms with Crippen LogP contribution in [0.3, 0.4) is 0 Å². The first-order valence-corrected chi connectivity index (χ1v) is 8.82. The molecule has 0 N–H and O–H groups in total. The van der Waals surface area contributed by atoms with Gasteiger partial charge in [-0.3, -0.25) is 10.1 Å². The maximum atomic E-state index is 11.0. The molecule has 0 aliphatic heterocycles. The zero-order valence-corrected chi connectivity index (χ0v) is 15.2. The molecule has 0 amide bonds. The number of aryl methyl sites for hydroxylation is 1. The highest BCUT2D eigenvalue weighted by Crippen LogP contribution is 2.34. The van der Waals surface area contributed by atoms with E-state index in [1.165, 1.54) is 0 Å². The minimum atomic E-state index is -0.379. The van der Waals surface area contributed by atoms with Crippen molar-refractivity contribution in [2.24, 2.45) is 7.05 Å². The number of nitro groups is 1. The smallest absolute Gasteiger partial charge is 0.269 e. The molecule has 27 heavy (non-hydrogen) atoms. The van der Waals surface area contributed by atoms with Crippen molar-refractivity contribution in [2.75, 3.05) is 6.61 Å². The van der Waals surface area contributed by atoms with E-state index in [9.17, 15) is 10.1 Å². The van der Waals surface area contributed by atoms with Gasteiger partial charge in [0, 0.05) is 29.1 Å². The van der Waals surface area contributed by atoms with Gasteiger partial charge < -0.3 is 4.74 Å². The summed E-state index contributed by atoms with van der Waals surface area (Å²) in [6.45, 7) is 2.56. The lowest BCUT2D eigenvalue weighted by molar-refractivity contribution is -0.632. The summed E-state index contributed by atoms with van der Waals surface area (Å²) in [6, 6.07) is 21.0. The molecule has 0 unspecified atom stereocenters. The van der Waals surface area contributed by atoms with Gasteiger partial charge in [-0.15, -0.1) is 0 Å². The zero-order chi connectivity index (χ0) is 19.0. The van der Waals surface area contributed by atoms with Gasteiger partial charge in [-0.2, -0.15) is 4.57 Å². The van der Waals surface area contributed by atoms with Gasteiger partial charge in [-0.1, -0.05) is 12.1 Å². The van der Waals surface area contributed by atoms with E-state index in [1.807, 2.05) is 38.2 Å². The highest BCUT2D eigenvalue weighted by atomic mass is 16.6. The van der Waals surface area contributed by atoms with Gasteiger partial charge in [0.15, 0.2) is 0 Å². The molecule has 3 aromatic carbocycles. The summed E-state index contributed by atoms with van der Waals surface area (Å²) in [7, 11) is 2.02. The van der Waals surface area contributed by atoms with E-state index in [0.717, 1.165) is 38.7 Å². The van der Waals surface area contributed by atoms with E-state index in [1.54, 1.807) is 24.3 Å². The molecule has 0 fully saturated rings. The van der Waals surface area contributed by atoms with Crippen molar-refractivity contribution in [1.29, 1.82) is 0 Å². The van der Waals surface area contributed by atoms with Crippen LogP contribution in [0.4, 0.5) is 5.69 Å². The molecule has 0 aliphatic carbocycles. The summed E-state index contributed by atoms with van der Waals surface area (Å²) in [5.74, 6) is 0.809. The first-order valence-electron chi connectivity index (χ1n) is 8.82. The lowest BCUT2D eigenvalue weighted by Crippen LogP contribution is -2.32. The highest BCUT2D eigenvalue weighted by molar-refractivity contribution is 6.09. The Hall–Kier alpha value is -3.47. The van der Waals surface area contributed by atoms with Crippen LogP contribution < -0.4 is 9.30 Å². The van der Waals surface area contributed by atoms with E-state index in [4.69, 9.17) is 4.74 Å². The zero-order valence-electron chi connectivity index (χ0n) is 15.2. The second-order valence-corrected chi connectivity index (χ2v) is 6.37. The molecule has 134 valence electrons. The Bertz CT molecular complexity index is 1170. The van der Waals surface area contributed by atoms with Gasteiger partial charge in [0.25, 0.3) is 5.69 Å². The summed E-state index contributed by atoms with van der Waals surface area (Å²) in [5, 5.41) is 14.3. The van der Waals surface area contributed by atoms with Gasteiger partial charge in [-0.25, -0.2) is 0 Å². The number of nitrogens with zero attached hydrogens (tertiary/aromatic N) is 2. The van der Waals surface area contributed by atoms with Crippen LogP contribution in [-0.2, 0) is 7.05 Å². The van der Waals surface area contributed by atoms with Crippen molar-refractivity contribution in [1.82, 2.24) is 0 Å². The van der Waals surface area contributed by atoms with E-state index in [2.05, 4.69) is 22.8 Å². The van der Waals surface area contributed by atoms with E-state index in [0.29, 0.717) is 6.61 Å². The van der Waals surface area contributed by atoms with Crippen molar-refractivity contribution in [3.63, 3.8) is 0 Å². The van der Waals surface area contributed by atoms with E-state index < -0.39 is 0 Å². The third-order valence-corrected chi connectivity index (χ3v) is 4.80. The molecule has 5 nitrogen and oxygen atoms in total. The Morgan fingerprint density at radius 2 is 1.70 bits per heavy atom. The lowest BCUT2D eigenvalue weighted by Gasteiger charge is -2.11. The number of pyridine rings is 1. The Morgan fingerprint density at radius 1 is 0.963 bits per heavy atom. The second-order valence-electron chi connectivity index (χ2n) is 6.37. The van der Waals surface area contributed by atoms with E-state index in [-0.39, 0.29) is 10.6 Å². The Morgan fingerprint density at radius 3 is 2.41 bits per heavy atom. The lowest BCUT2D eigenvalue weighted by atomic mass is 9.99. The maximum absolute atomic E-state index is 11.0. The van der Waals surface area contributed by atoms with Crippen molar-refractivity contribution >= 4 is 27.4 Å². The molecule has 0 bridgehead atoms. The van der Waals surface area contributed by atoms with Gasteiger partial charge >= 0.3 is 0 Å². The van der Waals surface area contributed by atoms with Crippen LogP contribution >= 0.6 is 0 Å². The molecule has 0 radical (unpaired) electrons. The number of benzene rings is 3. The maximum Gasteiger partial charge on any atom is 0.269 e. The van der Waals surface area contributed by atoms with Crippen LogP contribution in [0.25, 0.3) is 32.9 Å². The molecule has 4 aromatic rings. The number of non-ortho nitro benzene ring substituents is 1. The molecular weight excluding hydrogens is 340 g/mol. The first-order chi connectivity index (χ1) is 13.1. The van der Waals surface area contributed by atoms with Crippen molar-refractivity contribution < 1.29 is 14.2 Å². The van der Waals surface area contributed by atoms with Crippen molar-refractivity contribution in [3.05, 3.63) is 76.8 Å². The fourth-order valence-electron chi connectivity index (χ4n) is 3.60. The third kappa shape index (κ3) is 2.87. The average Bonchev–Trinajstić information content (AvgIpc) is 2.69. The Kier molecular flexibility index (Phi) is 4.20. The standard InChI is InChI=1S/C22H19N2O3/c1-3-27-17-12-13-18-19-6-4-5-7-21(19)23(2)22(20(18)14-17)15-8-10-16(11-9-15)24(25)26/h4-14H,3H2,1-2H3/q+1. The van der Waals surface area contributed by atoms with Gasteiger partial charge in [0.2, 0.25) is 11.2 Å². The first kappa shape index (κ1) is 17.0. The van der Waals surface area contributed by atoms with Gasteiger partial charge in [-0.05, 0) is 43.3 Å². The van der Waals surface area contributed by atoms with Crippen molar-refractivity contribution in [3.8, 4) is 17.0 Å². The Labute approximate surface area is 156 Å². The van der Waals surface area contributed by atoms with Gasteiger partial charge in [0.05, 0.1) is 22.3 Å². The van der Waals surface area contributed by atoms with Crippen molar-refractivity contribution in [2.45, 2.75) is 6.92 Å². The largest absolute Gasteiger partial charge is 0.494 e. The fourth-order valence-corrected chi connectivity index (χ4v) is 3.60. The molecule has 5 heteroatoms. The Balaban J connectivity index is 2.07. The van der Waals surface area contributed by atoms with Crippen LogP contribution in [0.15, 0.2) is 66.7 Å². The molecule has 0 saturated carbocycles. The number of nitro benzene ring substituents is 1. The van der Waals surface area contributed by atoms with Crippen LogP contribution in [0.2, 0.25) is 0 Å². The van der Waals surface area contributed by atoms with Crippen LogP contribution in [0.5, 0.6) is 5.75 Å². The number of rotatable bonds is 4. The molecule has 0 atom stereocenters. The molecule has 0 aliphatic rings. The van der Waals surface area contributed by atoms with Crippen LogP contribution in [0, 0.1) is 10.1 Å². The number of fused-ring (bicyclic) bond motifs is 3. The number of hydrogen-bond acceptors (Lipinski definition) is 3. The molecule has 0 saturated heterocycles. The fraction of sp³-hybridized carbons (Fsp3) is 0.136. The summed E-state index contributed by atoms with van der Waals surface area (Å²) in [4.78, 5) is 10.6. The minimum Gasteiger partial charge on any atom is -0.494 e. The predicted molar refractivity (Wildman–Crippen MR) is 106 cm³/mol. The minimum absolute atomic E-state index is 0.0847. The summed E-state index contributed by atoms with van der Waals surface area (Å²) >= 11 is 0. The highest BCUT2D eigenvalue weighted by Gasteiger charge is 2.21. The summed E-state index contributed by atoms with van der Waals surface area (Å²) < 4.78 is 7.84. The van der Waals surface area contributed by atoms with E-state index >= 15 is 0 Å². The number of ether oxygens (including phenoxy) is 1. The molecule has 1 aromatic heterocycles. The number of para-hydroxylation sites is 1. The summed E-state index contributed by atoms with van der Waals surface area (Å²) in [5.41, 5.74) is 3.11. The quantitative estimate of drug-likeness (QED) is 0.228. The van der Waals surface area contributed by atoms with Crippen LogP contribution in [0.1, 0.15) is 6.92 Å². The SMILES string of the molecule is CCOc1ccc2c(c1)c(-c1ccc([N+](=O)[O-])cc1)[n+](C)c1ccccc21. The molecule has 0 spiro atoms. The number of hydrogen-bond donors (Lipinski definition) is 0. The second kappa shape index (κ2) is 6.68. The average molecular weight is 359 g/mol. The topological polar surface area (TPSA) is 56.3 Å².